The van der Waals surface area contributed by atoms with Crippen LogP contribution < -0.4 is 15.8 Å². The molecule has 0 spiro atoms. The molecule has 2 aromatic rings. The molecule has 4 N–H and O–H groups in total. The Morgan fingerprint density at radius 3 is 2.36 bits per heavy atom. The number of nitrogens with one attached hydrogen (secondary N) is 2. The zero-order chi connectivity index (χ0) is 20.3. The quantitative estimate of drug-likeness (QED) is 0.596. The Labute approximate surface area is 168 Å². The van der Waals surface area contributed by atoms with Crippen molar-refractivity contribution in [3.63, 3.8) is 0 Å². The number of anilines is 2. The van der Waals surface area contributed by atoms with Crippen LogP contribution in [0.15, 0.2) is 58.3 Å². The van der Waals surface area contributed by atoms with Crippen LogP contribution in [0.5, 0.6) is 0 Å². The summed E-state index contributed by atoms with van der Waals surface area (Å²) >= 11 is 1.36. The molecule has 0 bridgehead atoms. The summed E-state index contributed by atoms with van der Waals surface area (Å²) in [4.78, 5) is 25.1. The van der Waals surface area contributed by atoms with Crippen molar-refractivity contribution in [1.29, 1.82) is 0 Å². The number of benzene rings is 2. The molecule has 2 amide bonds. The average molecular weight is 420 g/mol. The Bertz CT molecular complexity index is 986. The van der Waals surface area contributed by atoms with Crippen molar-refractivity contribution < 1.29 is 18.0 Å². The maximum atomic E-state index is 12.4. The summed E-state index contributed by atoms with van der Waals surface area (Å²) < 4.78 is 22.5. The molecule has 28 heavy (non-hydrogen) atoms. The molecular formula is C19H21N3O4S2. The molecule has 1 fully saturated rings. The first kappa shape index (κ1) is 20.4. The van der Waals surface area contributed by atoms with E-state index in [9.17, 15) is 18.0 Å². The Balaban J connectivity index is 1.58. The van der Waals surface area contributed by atoms with Gasteiger partial charge < -0.3 is 10.6 Å². The van der Waals surface area contributed by atoms with E-state index in [1.54, 1.807) is 6.92 Å². The van der Waals surface area contributed by atoms with Crippen molar-refractivity contribution in [3.8, 4) is 0 Å². The van der Waals surface area contributed by atoms with E-state index in [4.69, 9.17) is 5.14 Å². The smallest absolute Gasteiger partial charge is 0.238 e. The lowest BCUT2D eigenvalue weighted by molar-refractivity contribution is -0.117. The molecular weight excluding hydrogens is 398 g/mol. The minimum Gasteiger partial charge on any atom is -0.326 e. The van der Waals surface area contributed by atoms with Gasteiger partial charge in [-0.05, 0) is 62.2 Å². The maximum absolute atomic E-state index is 12.4. The topological polar surface area (TPSA) is 118 Å². The molecule has 1 atom stereocenters. The Morgan fingerprint density at radius 2 is 1.75 bits per heavy atom. The predicted octanol–water partition coefficient (Wildman–Crippen LogP) is 2.80. The highest BCUT2D eigenvalue weighted by Gasteiger charge is 2.29. The molecule has 148 valence electrons. The van der Waals surface area contributed by atoms with Crippen LogP contribution in [0, 0.1) is 5.92 Å². The van der Waals surface area contributed by atoms with E-state index >= 15 is 0 Å². The third-order valence-corrected chi connectivity index (χ3v) is 6.21. The fourth-order valence-corrected chi connectivity index (χ4v) is 3.91. The highest BCUT2D eigenvalue weighted by molar-refractivity contribution is 8.00. The van der Waals surface area contributed by atoms with Crippen molar-refractivity contribution in [1.82, 2.24) is 0 Å². The molecule has 1 aliphatic rings. The minimum absolute atomic E-state index is 0.0158. The second kappa shape index (κ2) is 8.34. The van der Waals surface area contributed by atoms with E-state index in [0.717, 1.165) is 17.7 Å². The lowest BCUT2D eigenvalue weighted by Crippen LogP contribution is -2.22. The number of hydrogen-bond donors (Lipinski definition) is 3. The van der Waals surface area contributed by atoms with E-state index in [-0.39, 0.29) is 22.6 Å². The van der Waals surface area contributed by atoms with E-state index in [2.05, 4.69) is 10.6 Å². The van der Waals surface area contributed by atoms with Crippen LogP contribution >= 0.6 is 11.8 Å². The van der Waals surface area contributed by atoms with Gasteiger partial charge in [0.15, 0.2) is 0 Å². The van der Waals surface area contributed by atoms with Gasteiger partial charge in [-0.15, -0.1) is 11.8 Å². The highest BCUT2D eigenvalue weighted by atomic mass is 32.2. The first-order valence-electron chi connectivity index (χ1n) is 8.74. The SMILES string of the molecule is CC(Sc1cccc(NC(=O)C2CC2)c1)C(=O)Nc1ccc(S(N)(=O)=O)cc1. The summed E-state index contributed by atoms with van der Waals surface area (Å²) in [5.41, 5.74) is 1.20. The fourth-order valence-electron chi connectivity index (χ4n) is 2.47. The van der Waals surface area contributed by atoms with Gasteiger partial charge >= 0.3 is 0 Å². The minimum atomic E-state index is -3.77. The van der Waals surface area contributed by atoms with Crippen LogP contribution in [0.25, 0.3) is 0 Å². The van der Waals surface area contributed by atoms with E-state index in [1.807, 2.05) is 24.3 Å². The van der Waals surface area contributed by atoms with Gasteiger partial charge in [0.05, 0.1) is 10.1 Å². The van der Waals surface area contributed by atoms with Gasteiger partial charge in [-0.25, -0.2) is 13.6 Å². The maximum Gasteiger partial charge on any atom is 0.238 e. The lowest BCUT2D eigenvalue weighted by atomic mass is 10.3. The predicted molar refractivity (Wildman–Crippen MR) is 110 cm³/mol. The van der Waals surface area contributed by atoms with Gasteiger partial charge in [-0.2, -0.15) is 0 Å². The largest absolute Gasteiger partial charge is 0.326 e. The van der Waals surface area contributed by atoms with Gasteiger partial charge in [0.25, 0.3) is 0 Å². The number of sulfonamides is 1. The van der Waals surface area contributed by atoms with Crippen LogP contribution in [-0.2, 0) is 19.6 Å². The number of carbonyl (C=O) groups is 2. The summed E-state index contributed by atoms with van der Waals surface area (Å²) in [6.07, 6.45) is 1.88. The lowest BCUT2D eigenvalue weighted by Gasteiger charge is -2.13. The first-order valence-corrected chi connectivity index (χ1v) is 11.2. The Morgan fingerprint density at radius 1 is 1.07 bits per heavy atom. The zero-order valence-electron chi connectivity index (χ0n) is 15.2. The monoisotopic (exact) mass is 419 g/mol. The van der Waals surface area contributed by atoms with Gasteiger partial charge in [0.1, 0.15) is 0 Å². The molecule has 1 aliphatic carbocycles. The Hall–Kier alpha value is -2.36. The number of hydrogen-bond acceptors (Lipinski definition) is 5. The first-order chi connectivity index (χ1) is 13.2. The van der Waals surface area contributed by atoms with Crippen LogP contribution in [0.4, 0.5) is 11.4 Å². The molecule has 0 radical (unpaired) electrons. The summed E-state index contributed by atoms with van der Waals surface area (Å²) in [6.45, 7) is 1.77. The van der Waals surface area contributed by atoms with E-state index < -0.39 is 15.3 Å². The second-order valence-electron chi connectivity index (χ2n) is 6.61. The third kappa shape index (κ3) is 5.57. The van der Waals surface area contributed by atoms with Gasteiger partial charge in [-0.3, -0.25) is 9.59 Å². The van der Waals surface area contributed by atoms with Crippen LogP contribution in [0.1, 0.15) is 19.8 Å². The number of rotatable bonds is 7. The molecule has 9 heteroatoms. The summed E-state index contributed by atoms with van der Waals surface area (Å²) in [7, 11) is -3.77. The van der Waals surface area contributed by atoms with Crippen molar-refractivity contribution >= 4 is 45.0 Å². The molecule has 3 rings (SSSR count). The molecule has 1 saturated carbocycles. The normalized spacial score (nSPS) is 14.9. The van der Waals surface area contributed by atoms with E-state index in [0.29, 0.717) is 11.4 Å². The standard InChI is InChI=1S/C19H21N3O4S2/c1-12(18(23)21-14-7-9-17(10-8-14)28(20,25)26)27-16-4-2-3-15(11-16)22-19(24)13-5-6-13/h2-4,7-13H,5-6H2,1H3,(H,21,23)(H,22,24)(H2,20,25,26). The molecule has 0 saturated heterocycles. The van der Waals surface area contributed by atoms with Crippen LogP contribution in [0.2, 0.25) is 0 Å². The molecule has 0 aliphatic heterocycles. The number of primary sulfonamides is 1. The number of thioether (sulfide) groups is 1. The molecule has 1 unspecified atom stereocenters. The summed E-state index contributed by atoms with van der Waals surface area (Å²) in [5, 5.41) is 10.3. The van der Waals surface area contributed by atoms with Crippen molar-refractivity contribution in [2.24, 2.45) is 11.1 Å². The van der Waals surface area contributed by atoms with Crippen molar-refractivity contribution in [3.05, 3.63) is 48.5 Å². The van der Waals surface area contributed by atoms with Crippen LogP contribution in [0.3, 0.4) is 0 Å². The summed E-state index contributed by atoms with van der Waals surface area (Å²) in [5.74, 6) is -0.0571. The number of nitrogens with two attached hydrogens (primary N) is 1. The van der Waals surface area contributed by atoms with Gasteiger partial charge in [0.2, 0.25) is 21.8 Å². The summed E-state index contributed by atoms with van der Waals surface area (Å²) in [6, 6.07) is 13.0. The molecule has 0 aromatic heterocycles. The molecule has 7 nitrogen and oxygen atoms in total. The van der Waals surface area contributed by atoms with Gasteiger partial charge in [0, 0.05) is 22.2 Å². The number of amides is 2. The number of carbonyl (C=O) groups excluding carboxylic acids is 2. The highest BCUT2D eigenvalue weighted by Crippen LogP contribution is 2.31. The van der Waals surface area contributed by atoms with Crippen molar-refractivity contribution in [2.45, 2.75) is 34.8 Å². The average Bonchev–Trinajstić information content (AvgIpc) is 3.47. The molecule has 0 heterocycles. The fraction of sp³-hybridized carbons (Fsp3) is 0.263. The third-order valence-electron chi connectivity index (χ3n) is 4.18. The molecule has 2 aromatic carbocycles. The zero-order valence-corrected chi connectivity index (χ0v) is 16.8. The Kier molecular flexibility index (Phi) is 6.07. The van der Waals surface area contributed by atoms with Crippen molar-refractivity contribution in [2.75, 3.05) is 10.6 Å². The van der Waals surface area contributed by atoms with Crippen LogP contribution in [-0.4, -0.2) is 25.5 Å². The second-order valence-corrected chi connectivity index (χ2v) is 9.59. The van der Waals surface area contributed by atoms with Gasteiger partial charge in [-0.1, -0.05) is 6.07 Å². The van der Waals surface area contributed by atoms with E-state index in [1.165, 1.54) is 36.0 Å².